The summed E-state index contributed by atoms with van der Waals surface area (Å²) in [7, 11) is 0. The third-order valence-electron chi connectivity index (χ3n) is 5.30. The molecule has 2 fully saturated rings. The number of rotatable bonds is 4. The van der Waals surface area contributed by atoms with Crippen molar-refractivity contribution in [2.45, 2.75) is 44.8 Å². The van der Waals surface area contributed by atoms with Gasteiger partial charge in [-0.2, -0.15) is 0 Å². The van der Waals surface area contributed by atoms with Crippen LogP contribution in [-0.2, 0) is 11.3 Å². The van der Waals surface area contributed by atoms with Crippen molar-refractivity contribution < 1.29 is 9.59 Å². The fraction of sp³-hybridized carbons (Fsp3) is 0.350. The number of urea groups is 1. The molecule has 2 heterocycles. The lowest BCUT2D eigenvalue weighted by atomic mass is 9.91. The number of aromatic nitrogens is 1. The molecule has 0 bridgehead atoms. The molecule has 4 rings (SSSR count). The highest BCUT2D eigenvalue weighted by molar-refractivity contribution is 6.04. The number of carbonyl (C=O) groups excluding carboxylic acids is 2. The van der Waals surface area contributed by atoms with Crippen LogP contribution in [-0.4, -0.2) is 38.8 Å². The van der Waals surface area contributed by atoms with Gasteiger partial charge in [0.05, 0.1) is 6.54 Å². The van der Waals surface area contributed by atoms with Crippen molar-refractivity contribution in [1.29, 1.82) is 0 Å². The second-order valence-electron chi connectivity index (χ2n) is 6.77. The van der Waals surface area contributed by atoms with E-state index in [-0.39, 0.29) is 24.0 Å². The summed E-state index contributed by atoms with van der Waals surface area (Å²) in [5, 5.41) is 0. The zero-order chi connectivity index (χ0) is 17.4. The minimum Gasteiger partial charge on any atom is -0.310 e. The number of benzene rings is 1. The molecule has 1 saturated heterocycles. The molecule has 0 spiro atoms. The lowest BCUT2D eigenvalue weighted by Gasteiger charge is -2.36. The predicted molar refractivity (Wildman–Crippen MR) is 94.6 cm³/mol. The normalized spacial score (nSPS) is 20.9. The van der Waals surface area contributed by atoms with Crippen LogP contribution < -0.4 is 0 Å². The summed E-state index contributed by atoms with van der Waals surface area (Å²) in [4.78, 5) is 32.8. The zero-order valence-electron chi connectivity index (χ0n) is 14.3. The predicted octanol–water partition coefficient (Wildman–Crippen LogP) is 3.45. The van der Waals surface area contributed by atoms with Crippen LogP contribution in [0.15, 0.2) is 48.8 Å². The molecule has 1 unspecified atom stereocenters. The van der Waals surface area contributed by atoms with E-state index < -0.39 is 0 Å². The van der Waals surface area contributed by atoms with Crippen LogP contribution in [0.25, 0.3) is 11.1 Å². The molecular weight excluding hydrogens is 314 g/mol. The summed E-state index contributed by atoms with van der Waals surface area (Å²) in [6.07, 6.45) is 6.65. The van der Waals surface area contributed by atoms with E-state index in [4.69, 9.17) is 0 Å². The molecule has 25 heavy (non-hydrogen) atoms. The highest BCUT2D eigenvalue weighted by Crippen LogP contribution is 2.33. The van der Waals surface area contributed by atoms with Crippen molar-refractivity contribution in [3.63, 3.8) is 0 Å². The van der Waals surface area contributed by atoms with Gasteiger partial charge in [-0.3, -0.25) is 14.7 Å². The van der Waals surface area contributed by atoms with Crippen molar-refractivity contribution in [2.75, 3.05) is 0 Å². The third-order valence-corrected chi connectivity index (χ3v) is 5.30. The second-order valence-corrected chi connectivity index (χ2v) is 6.77. The molecule has 1 aromatic heterocycles. The van der Waals surface area contributed by atoms with Gasteiger partial charge in [-0.25, -0.2) is 4.79 Å². The van der Waals surface area contributed by atoms with Crippen LogP contribution in [0, 0.1) is 0 Å². The van der Waals surface area contributed by atoms with Crippen molar-refractivity contribution in [3.8, 4) is 11.1 Å². The summed E-state index contributed by atoms with van der Waals surface area (Å²) in [5.74, 6) is -0.0959. The van der Waals surface area contributed by atoms with E-state index in [1.807, 2.05) is 43.3 Å². The third kappa shape index (κ3) is 2.69. The summed E-state index contributed by atoms with van der Waals surface area (Å²) in [5.41, 5.74) is 3.03. The molecule has 1 saturated carbocycles. The van der Waals surface area contributed by atoms with E-state index >= 15 is 0 Å². The second kappa shape index (κ2) is 6.31. The number of imide groups is 1. The molecule has 1 aliphatic carbocycles. The average Bonchev–Trinajstić information content (AvgIpc) is 2.80. The van der Waals surface area contributed by atoms with Crippen molar-refractivity contribution in [1.82, 2.24) is 14.8 Å². The van der Waals surface area contributed by atoms with Crippen molar-refractivity contribution >= 4 is 11.9 Å². The molecule has 2 aromatic rings. The Hall–Kier alpha value is -2.69. The lowest BCUT2D eigenvalue weighted by molar-refractivity contribution is -0.128. The molecule has 2 aliphatic rings. The lowest BCUT2D eigenvalue weighted by Crippen LogP contribution is -2.45. The topological polar surface area (TPSA) is 53.5 Å². The first-order chi connectivity index (χ1) is 12.2. The van der Waals surface area contributed by atoms with Crippen molar-refractivity contribution in [3.05, 3.63) is 54.4 Å². The highest BCUT2D eigenvalue weighted by Gasteiger charge is 2.46. The van der Waals surface area contributed by atoms with Gasteiger partial charge in [0.1, 0.15) is 6.04 Å². The first kappa shape index (κ1) is 15.8. The maximum Gasteiger partial charge on any atom is 0.328 e. The Balaban J connectivity index is 1.62. The van der Waals surface area contributed by atoms with Crippen LogP contribution in [0.3, 0.4) is 0 Å². The number of pyridine rings is 1. The van der Waals surface area contributed by atoms with Crippen LogP contribution in [0.2, 0.25) is 0 Å². The van der Waals surface area contributed by atoms with Gasteiger partial charge in [0.2, 0.25) is 0 Å². The van der Waals surface area contributed by atoms with Crippen LogP contribution in [0.1, 0.15) is 31.7 Å². The van der Waals surface area contributed by atoms with Gasteiger partial charge in [-0.1, -0.05) is 24.3 Å². The van der Waals surface area contributed by atoms with Crippen molar-refractivity contribution in [2.24, 2.45) is 0 Å². The number of hydrogen-bond donors (Lipinski definition) is 0. The van der Waals surface area contributed by atoms with Gasteiger partial charge < -0.3 is 4.90 Å². The Kier molecular flexibility index (Phi) is 3.99. The molecular formula is C20H21N3O2. The van der Waals surface area contributed by atoms with Gasteiger partial charge >= 0.3 is 6.03 Å². The molecule has 1 aliphatic heterocycles. The van der Waals surface area contributed by atoms with Crippen LogP contribution in [0.4, 0.5) is 4.79 Å². The Labute approximate surface area is 147 Å². The summed E-state index contributed by atoms with van der Waals surface area (Å²) in [6.45, 7) is 2.15. The number of hydrogen-bond acceptors (Lipinski definition) is 3. The number of nitrogens with zero attached hydrogens (tertiary/aromatic N) is 3. The minimum absolute atomic E-state index is 0.0959. The van der Waals surface area contributed by atoms with E-state index in [1.165, 1.54) is 4.90 Å². The Morgan fingerprint density at radius 3 is 2.48 bits per heavy atom. The first-order valence-corrected chi connectivity index (χ1v) is 8.79. The van der Waals surface area contributed by atoms with E-state index in [9.17, 15) is 9.59 Å². The Bertz CT molecular complexity index is 802. The van der Waals surface area contributed by atoms with Gasteiger partial charge in [0.25, 0.3) is 5.91 Å². The molecule has 5 heteroatoms. The summed E-state index contributed by atoms with van der Waals surface area (Å²) in [6, 6.07) is 11.5. The van der Waals surface area contributed by atoms with Crippen LogP contribution >= 0.6 is 0 Å². The number of amides is 3. The van der Waals surface area contributed by atoms with Gasteiger partial charge in [-0.15, -0.1) is 0 Å². The van der Waals surface area contributed by atoms with E-state index in [0.29, 0.717) is 6.54 Å². The maximum atomic E-state index is 12.8. The Morgan fingerprint density at radius 2 is 1.80 bits per heavy atom. The van der Waals surface area contributed by atoms with Gasteiger partial charge in [0.15, 0.2) is 0 Å². The van der Waals surface area contributed by atoms with Crippen LogP contribution in [0.5, 0.6) is 0 Å². The molecule has 1 atom stereocenters. The molecule has 1 aromatic carbocycles. The largest absolute Gasteiger partial charge is 0.328 e. The molecule has 128 valence electrons. The quantitative estimate of drug-likeness (QED) is 0.804. The molecule has 3 amide bonds. The van der Waals surface area contributed by atoms with E-state index in [2.05, 4.69) is 4.98 Å². The SMILES string of the molecule is CC1C(=O)N(Cc2ccccc2-c2ccncc2)C(=O)N1C1CCC1. The fourth-order valence-electron chi connectivity index (χ4n) is 3.67. The maximum absolute atomic E-state index is 12.8. The summed E-state index contributed by atoms with van der Waals surface area (Å²) >= 11 is 0. The van der Waals surface area contributed by atoms with E-state index in [1.54, 1.807) is 17.3 Å². The smallest absolute Gasteiger partial charge is 0.310 e. The zero-order valence-corrected chi connectivity index (χ0v) is 14.3. The van der Waals surface area contributed by atoms with E-state index in [0.717, 1.165) is 36.0 Å². The van der Waals surface area contributed by atoms with Gasteiger partial charge in [-0.05, 0) is 55.0 Å². The molecule has 5 nitrogen and oxygen atoms in total. The fourth-order valence-corrected chi connectivity index (χ4v) is 3.67. The highest BCUT2D eigenvalue weighted by atomic mass is 16.2. The minimum atomic E-state index is -0.356. The average molecular weight is 335 g/mol. The molecule has 0 radical (unpaired) electrons. The monoisotopic (exact) mass is 335 g/mol. The first-order valence-electron chi connectivity index (χ1n) is 8.79. The summed E-state index contributed by atoms with van der Waals surface area (Å²) < 4.78 is 0. The Morgan fingerprint density at radius 1 is 1.08 bits per heavy atom. The van der Waals surface area contributed by atoms with Gasteiger partial charge in [0, 0.05) is 18.4 Å². The number of carbonyl (C=O) groups is 2. The standard InChI is InChI=1S/C20H21N3O2/c1-14-19(24)22(20(25)23(14)17-6-4-7-17)13-16-5-2-3-8-18(16)15-9-11-21-12-10-15/h2-3,5,8-12,14,17H,4,6-7,13H2,1H3. The molecule has 0 N–H and O–H groups in total.